The Morgan fingerprint density at radius 1 is 1.53 bits per heavy atom. The fourth-order valence-corrected chi connectivity index (χ4v) is 2.14. The molecular weight excluding hydrogens is 282 g/mol. The fourth-order valence-electron chi connectivity index (χ4n) is 1.88. The second-order valence-corrected chi connectivity index (χ2v) is 4.73. The first-order valence-corrected chi connectivity index (χ1v) is 6.13. The molecule has 6 heteroatoms. The maximum absolute atomic E-state index is 5.87. The third-order valence-electron chi connectivity index (χ3n) is 2.76. The predicted octanol–water partition coefficient (Wildman–Crippen LogP) is 3.33. The quantitative estimate of drug-likeness (QED) is 0.869. The summed E-state index contributed by atoms with van der Waals surface area (Å²) < 4.78 is 5.77. The Labute approximate surface area is 117 Å². The van der Waals surface area contributed by atoms with Gasteiger partial charge >= 0.3 is 0 Å². The van der Waals surface area contributed by atoms with Gasteiger partial charge in [0.25, 0.3) is 0 Å². The minimum atomic E-state index is 0. The van der Waals surface area contributed by atoms with Crippen LogP contribution in [0, 0.1) is 0 Å². The average Bonchev–Trinajstić information content (AvgIpc) is 2.77. The van der Waals surface area contributed by atoms with Crippen LogP contribution >= 0.6 is 35.6 Å². The first-order valence-electron chi connectivity index (χ1n) is 5.38. The van der Waals surface area contributed by atoms with Gasteiger partial charge in [0.1, 0.15) is 17.0 Å². The zero-order valence-corrected chi connectivity index (χ0v) is 11.8. The van der Waals surface area contributed by atoms with E-state index in [1.807, 2.05) is 6.92 Å². The van der Waals surface area contributed by atoms with E-state index in [9.17, 15) is 0 Å². The van der Waals surface area contributed by atoms with Gasteiger partial charge in [0.05, 0.1) is 11.2 Å². The summed E-state index contributed by atoms with van der Waals surface area (Å²) in [6.07, 6.45) is 4.06. The van der Waals surface area contributed by atoms with Crippen molar-refractivity contribution in [1.29, 1.82) is 0 Å². The maximum atomic E-state index is 5.87. The Morgan fingerprint density at radius 2 is 2.29 bits per heavy atom. The maximum Gasteiger partial charge on any atom is 0.147 e. The van der Waals surface area contributed by atoms with Gasteiger partial charge in [-0.15, -0.1) is 12.4 Å². The normalized spacial score (nSPS) is 20.8. The molecule has 0 bridgehead atoms. The molecule has 0 radical (unpaired) electrons. The Hall–Kier alpha value is -0.220. The molecule has 0 saturated carbocycles. The Bertz CT molecular complexity index is 370. The molecule has 0 amide bonds. The van der Waals surface area contributed by atoms with Crippen LogP contribution in [0.4, 0.5) is 0 Å². The van der Waals surface area contributed by atoms with E-state index in [1.54, 1.807) is 12.3 Å². The van der Waals surface area contributed by atoms with Crippen molar-refractivity contribution in [2.24, 2.45) is 0 Å². The number of rotatable bonds is 3. The van der Waals surface area contributed by atoms with Gasteiger partial charge in [-0.1, -0.05) is 23.2 Å². The molecule has 17 heavy (non-hydrogen) atoms. The van der Waals surface area contributed by atoms with E-state index in [0.717, 1.165) is 13.0 Å². The van der Waals surface area contributed by atoms with Crippen molar-refractivity contribution < 1.29 is 4.74 Å². The summed E-state index contributed by atoms with van der Waals surface area (Å²) in [5.41, 5.74) is 0. The molecule has 1 aromatic rings. The minimum absolute atomic E-state index is 0. The van der Waals surface area contributed by atoms with Gasteiger partial charge in [-0.3, -0.25) is 0 Å². The SMILES string of the molecule is CC(Oc1cnc(Cl)c(Cl)c1)[C@@H]1CCCN1.Cl. The Balaban J connectivity index is 0.00000144. The number of halogens is 3. The smallest absolute Gasteiger partial charge is 0.147 e. The third-order valence-corrected chi connectivity index (χ3v) is 3.44. The Morgan fingerprint density at radius 3 is 2.88 bits per heavy atom. The molecule has 3 nitrogen and oxygen atoms in total. The second-order valence-electron chi connectivity index (χ2n) is 3.97. The van der Waals surface area contributed by atoms with Crippen LogP contribution in [-0.4, -0.2) is 23.7 Å². The van der Waals surface area contributed by atoms with E-state index in [-0.39, 0.29) is 18.5 Å². The average molecular weight is 298 g/mol. The van der Waals surface area contributed by atoms with Crippen molar-refractivity contribution in [2.45, 2.75) is 31.9 Å². The highest BCUT2D eigenvalue weighted by Crippen LogP contribution is 2.25. The van der Waals surface area contributed by atoms with Crippen LogP contribution < -0.4 is 10.1 Å². The molecule has 0 spiro atoms. The molecule has 2 atom stereocenters. The summed E-state index contributed by atoms with van der Waals surface area (Å²) in [6.45, 7) is 3.11. The van der Waals surface area contributed by atoms with Crippen LogP contribution in [0.3, 0.4) is 0 Å². The number of hydrogen-bond acceptors (Lipinski definition) is 3. The van der Waals surface area contributed by atoms with E-state index in [2.05, 4.69) is 10.3 Å². The van der Waals surface area contributed by atoms with Crippen LogP contribution in [0.1, 0.15) is 19.8 Å². The summed E-state index contributed by atoms with van der Waals surface area (Å²) in [5.74, 6) is 0.663. The van der Waals surface area contributed by atoms with E-state index in [4.69, 9.17) is 27.9 Å². The molecule has 0 aromatic carbocycles. The lowest BCUT2D eigenvalue weighted by Gasteiger charge is -2.21. The van der Waals surface area contributed by atoms with E-state index in [1.165, 1.54) is 6.42 Å². The van der Waals surface area contributed by atoms with Crippen LogP contribution in [-0.2, 0) is 0 Å². The topological polar surface area (TPSA) is 34.1 Å². The van der Waals surface area contributed by atoms with Crippen LogP contribution in [0.15, 0.2) is 12.3 Å². The second kappa shape index (κ2) is 6.64. The molecule has 2 rings (SSSR count). The molecule has 1 aromatic heterocycles. The van der Waals surface area contributed by atoms with Gasteiger partial charge in [-0.25, -0.2) is 4.98 Å². The van der Waals surface area contributed by atoms with Crippen LogP contribution in [0.2, 0.25) is 10.2 Å². The van der Waals surface area contributed by atoms with E-state index < -0.39 is 0 Å². The largest absolute Gasteiger partial charge is 0.487 e. The third kappa shape index (κ3) is 3.88. The number of nitrogens with zero attached hydrogens (tertiary/aromatic N) is 1. The van der Waals surface area contributed by atoms with Crippen molar-refractivity contribution in [1.82, 2.24) is 10.3 Å². The summed E-state index contributed by atoms with van der Waals surface area (Å²) in [6, 6.07) is 2.11. The van der Waals surface area contributed by atoms with Crippen molar-refractivity contribution in [3.8, 4) is 5.75 Å². The van der Waals surface area contributed by atoms with Gasteiger partial charge in [0, 0.05) is 12.1 Å². The summed E-state index contributed by atoms with van der Waals surface area (Å²) >= 11 is 11.6. The van der Waals surface area contributed by atoms with Gasteiger partial charge < -0.3 is 10.1 Å². The first kappa shape index (κ1) is 14.8. The predicted molar refractivity (Wildman–Crippen MR) is 72.6 cm³/mol. The lowest BCUT2D eigenvalue weighted by Crippen LogP contribution is -2.36. The van der Waals surface area contributed by atoms with Crippen molar-refractivity contribution in [3.63, 3.8) is 0 Å². The van der Waals surface area contributed by atoms with Crippen molar-refractivity contribution in [3.05, 3.63) is 22.4 Å². The molecule has 1 N–H and O–H groups in total. The Kier molecular flexibility index (Phi) is 5.80. The molecule has 2 heterocycles. The zero-order valence-electron chi connectivity index (χ0n) is 9.45. The highest BCUT2D eigenvalue weighted by atomic mass is 35.5. The monoisotopic (exact) mass is 296 g/mol. The van der Waals surface area contributed by atoms with E-state index in [0.29, 0.717) is 22.0 Å². The molecular formula is C11H15Cl3N2O. The van der Waals surface area contributed by atoms with Crippen LogP contribution in [0.5, 0.6) is 5.75 Å². The minimum Gasteiger partial charge on any atom is -0.487 e. The van der Waals surface area contributed by atoms with Crippen LogP contribution in [0.25, 0.3) is 0 Å². The summed E-state index contributed by atoms with van der Waals surface area (Å²) in [4.78, 5) is 3.95. The van der Waals surface area contributed by atoms with Gasteiger partial charge in [-0.05, 0) is 26.3 Å². The fraction of sp³-hybridized carbons (Fsp3) is 0.545. The number of hydrogen-bond donors (Lipinski definition) is 1. The van der Waals surface area contributed by atoms with Crippen molar-refractivity contribution in [2.75, 3.05) is 6.54 Å². The summed E-state index contributed by atoms with van der Waals surface area (Å²) in [5, 5.41) is 4.13. The lowest BCUT2D eigenvalue weighted by atomic mass is 10.1. The molecule has 1 aliphatic heterocycles. The van der Waals surface area contributed by atoms with Crippen molar-refractivity contribution >= 4 is 35.6 Å². The molecule has 0 aliphatic carbocycles. The number of nitrogens with one attached hydrogen (secondary N) is 1. The van der Waals surface area contributed by atoms with E-state index >= 15 is 0 Å². The molecule has 1 aliphatic rings. The summed E-state index contributed by atoms with van der Waals surface area (Å²) in [7, 11) is 0. The zero-order chi connectivity index (χ0) is 11.5. The van der Waals surface area contributed by atoms with Gasteiger partial charge in [0.15, 0.2) is 0 Å². The van der Waals surface area contributed by atoms with Gasteiger partial charge in [0.2, 0.25) is 0 Å². The number of ether oxygens (including phenoxy) is 1. The highest BCUT2D eigenvalue weighted by molar-refractivity contribution is 6.41. The number of aromatic nitrogens is 1. The molecule has 1 saturated heterocycles. The number of pyridine rings is 1. The first-order chi connectivity index (χ1) is 7.66. The standard InChI is InChI=1S/C11H14Cl2N2O.ClH/c1-7(10-3-2-4-14-10)16-8-5-9(12)11(13)15-6-8;/h5-7,10,14H,2-4H2,1H3;1H/t7?,10-;/m0./s1. The molecule has 96 valence electrons. The highest BCUT2D eigenvalue weighted by Gasteiger charge is 2.22. The van der Waals surface area contributed by atoms with Gasteiger partial charge in [-0.2, -0.15) is 0 Å². The molecule has 1 unspecified atom stereocenters. The lowest BCUT2D eigenvalue weighted by molar-refractivity contribution is 0.179. The molecule has 1 fully saturated rings.